The van der Waals surface area contributed by atoms with Crippen LogP contribution < -0.4 is 16.2 Å². The van der Waals surface area contributed by atoms with E-state index >= 15 is 0 Å². The molecule has 5 N–H and O–H groups in total. The lowest BCUT2D eigenvalue weighted by atomic mass is 10.2. The predicted molar refractivity (Wildman–Crippen MR) is 55.4 cm³/mol. The first-order valence-corrected chi connectivity index (χ1v) is 4.06. The molecule has 0 heterocycles. The molecular weight excluding hydrogens is 198 g/mol. The number of hydrogen-bond donors (Lipinski definition) is 3. The van der Waals surface area contributed by atoms with Gasteiger partial charge in [0.25, 0.3) is 0 Å². The fourth-order valence-corrected chi connectivity index (χ4v) is 1.13. The van der Waals surface area contributed by atoms with Crippen LogP contribution in [0, 0.1) is 0 Å². The molecule has 0 aromatic heterocycles. The first kappa shape index (κ1) is 10.8. The summed E-state index contributed by atoms with van der Waals surface area (Å²) in [6.45, 7) is 0. The fraction of sp³-hybridized carbons (Fsp3) is 0.111. The molecule has 80 valence electrons. The summed E-state index contributed by atoms with van der Waals surface area (Å²) in [6.07, 6.45) is 0. The van der Waals surface area contributed by atoms with Crippen molar-refractivity contribution in [2.45, 2.75) is 0 Å². The molecule has 0 atom stereocenters. The van der Waals surface area contributed by atoms with Crippen molar-refractivity contribution in [1.29, 1.82) is 0 Å². The smallest absolute Gasteiger partial charge is 0.339 e. The Morgan fingerprint density at radius 2 is 2.13 bits per heavy atom. The monoisotopic (exact) mass is 209 g/mol. The Morgan fingerprint density at radius 1 is 1.47 bits per heavy atom. The van der Waals surface area contributed by atoms with Gasteiger partial charge in [0.1, 0.15) is 11.3 Å². The average Bonchev–Trinajstić information content (AvgIpc) is 2.16. The Labute approximate surface area is 86.2 Å². The van der Waals surface area contributed by atoms with Gasteiger partial charge in [-0.25, -0.2) is 9.79 Å². The molecule has 0 unspecified atom stereocenters. The second kappa shape index (κ2) is 4.32. The predicted octanol–water partition coefficient (Wildman–Crippen LogP) is 0.298. The van der Waals surface area contributed by atoms with Gasteiger partial charge in [0.2, 0.25) is 0 Å². The second-order valence-electron chi connectivity index (χ2n) is 2.70. The highest BCUT2D eigenvalue weighted by molar-refractivity contribution is 5.93. The maximum Gasteiger partial charge on any atom is 0.339 e. The van der Waals surface area contributed by atoms with Gasteiger partial charge < -0.3 is 21.3 Å². The summed E-state index contributed by atoms with van der Waals surface area (Å²) < 4.78 is 4.94. The highest BCUT2D eigenvalue weighted by atomic mass is 16.5. The molecule has 0 aliphatic carbocycles. The molecule has 1 rings (SSSR count). The maximum absolute atomic E-state index is 10.8. The number of ether oxygens (including phenoxy) is 1. The summed E-state index contributed by atoms with van der Waals surface area (Å²) in [5.41, 5.74) is 10.7. The normalized spacial score (nSPS) is 9.40. The lowest BCUT2D eigenvalue weighted by Gasteiger charge is -2.07. The number of carboxylic acids is 1. The maximum atomic E-state index is 10.8. The zero-order valence-electron chi connectivity index (χ0n) is 8.10. The van der Waals surface area contributed by atoms with Crippen molar-refractivity contribution in [1.82, 2.24) is 0 Å². The zero-order valence-corrected chi connectivity index (χ0v) is 8.10. The summed E-state index contributed by atoms with van der Waals surface area (Å²) in [6, 6.07) is 4.51. The number of carbonyl (C=O) groups is 1. The third-order valence-electron chi connectivity index (χ3n) is 1.68. The SMILES string of the molecule is COc1c(N=C(N)N)cccc1C(=O)O. The third-order valence-corrected chi connectivity index (χ3v) is 1.68. The number of para-hydroxylation sites is 1. The minimum absolute atomic E-state index is 0.0139. The van der Waals surface area contributed by atoms with E-state index in [4.69, 9.17) is 21.3 Å². The topological polar surface area (TPSA) is 111 Å². The molecule has 0 fully saturated rings. The number of nitrogens with zero attached hydrogens (tertiary/aromatic N) is 1. The molecule has 1 aromatic rings. The van der Waals surface area contributed by atoms with E-state index in [1.54, 1.807) is 6.07 Å². The number of methoxy groups -OCH3 is 1. The Bertz CT molecular complexity index is 411. The van der Waals surface area contributed by atoms with Crippen LogP contribution in [0.4, 0.5) is 5.69 Å². The number of hydrogen-bond acceptors (Lipinski definition) is 3. The number of aromatic carboxylic acids is 1. The molecule has 6 heteroatoms. The van der Waals surface area contributed by atoms with E-state index < -0.39 is 5.97 Å². The molecule has 0 saturated carbocycles. The van der Waals surface area contributed by atoms with Gasteiger partial charge >= 0.3 is 5.97 Å². The van der Waals surface area contributed by atoms with E-state index in [1.165, 1.54) is 19.2 Å². The van der Waals surface area contributed by atoms with Crippen LogP contribution in [0.5, 0.6) is 5.75 Å². The lowest BCUT2D eigenvalue weighted by Crippen LogP contribution is -2.22. The van der Waals surface area contributed by atoms with Crippen LogP contribution in [0.3, 0.4) is 0 Å². The number of nitrogens with two attached hydrogens (primary N) is 2. The standard InChI is InChI=1S/C9H11N3O3/c1-15-7-5(8(13)14)3-2-4-6(7)12-9(10)11/h2-4H,1H3,(H,13,14)(H4,10,11,12). The Kier molecular flexibility index (Phi) is 3.12. The van der Waals surface area contributed by atoms with E-state index in [9.17, 15) is 4.79 Å². The second-order valence-corrected chi connectivity index (χ2v) is 2.70. The van der Waals surface area contributed by atoms with Crippen molar-refractivity contribution in [3.8, 4) is 5.75 Å². The van der Waals surface area contributed by atoms with Crippen LogP contribution >= 0.6 is 0 Å². The third kappa shape index (κ3) is 2.37. The number of aliphatic imine (C=N–C) groups is 1. The fourth-order valence-electron chi connectivity index (χ4n) is 1.13. The van der Waals surface area contributed by atoms with E-state index in [0.717, 1.165) is 0 Å². The molecule has 0 aliphatic heterocycles. The highest BCUT2D eigenvalue weighted by Crippen LogP contribution is 2.30. The number of carboxylic acid groups (broad SMARTS) is 1. The largest absolute Gasteiger partial charge is 0.494 e. The van der Waals surface area contributed by atoms with E-state index in [0.29, 0.717) is 0 Å². The van der Waals surface area contributed by atoms with Gasteiger partial charge in [-0.2, -0.15) is 0 Å². The van der Waals surface area contributed by atoms with Crippen LogP contribution in [0.25, 0.3) is 0 Å². The van der Waals surface area contributed by atoms with Gasteiger partial charge in [0.15, 0.2) is 11.7 Å². The lowest BCUT2D eigenvalue weighted by molar-refractivity contribution is 0.0693. The van der Waals surface area contributed by atoms with Crippen molar-refractivity contribution in [2.75, 3.05) is 7.11 Å². The molecule has 0 bridgehead atoms. The van der Waals surface area contributed by atoms with Crippen molar-refractivity contribution in [3.05, 3.63) is 23.8 Å². The Balaban J connectivity index is 3.34. The van der Waals surface area contributed by atoms with Crippen LogP contribution in [0.2, 0.25) is 0 Å². The first-order chi connectivity index (χ1) is 7.06. The highest BCUT2D eigenvalue weighted by Gasteiger charge is 2.14. The number of benzene rings is 1. The molecule has 0 spiro atoms. The van der Waals surface area contributed by atoms with Gasteiger partial charge in [-0.3, -0.25) is 0 Å². The zero-order chi connectivity index (χ0) is 11.4. The van der Waals surface area contributed by atoms with Crippen LogP contribution in [0.1, 0.15) is 10.4 Å². The summed E-state index contributed by atoms with van der Waals surface area (Å²) in [5, 5.41) is 8.86. The van der Waals surface area contributed by atoms with Crippen LogP contribution in [-0.4, -0.2) is 24.1 Å². The van der Waals surface area contributed by atoms with E-state index in [-0.39, 0.29) is 23.0 Å². The average molecular weight is 209 g/mol. The van der Waals surface area contributed by atoms with Crippen molar-refractivity contribution < 1.29 is 14.6 Å². The van der Waals surface area contributed by atoms with E-state index in [2.05, 4.69) is 4.99 Å². The molecule has 0 saturated heterocycles. The molecule has 0 amide bonds. The van der Waals surface area contributed by atoms with Gasteiger partial charge in [-0.05, 0) is 12.1 Å². The summed E-state index contributed by atoms with van der Waals surface area (Å²) in [5.74, 6) is -1.12. The molecule has 0 radical (unpaired) electrons. The Hall–Kier alpha value is -2.24. The van der Waals surface area contributed by atoms with Crippen molar-refractivity contribution in [3.63, 3.8) is 0 Å². The molecule has 0 aliphatic rings. The molecule has 1 aromatic carbocycles. The number of rotatable bonds is 3. The molecular formula is C9H11N3O3. The quantitative estimate of drug-likeness (QED) is 0.489. The molecule has 15 heavy (non-hydrogen) atoms. The molecule has 6 nitrogen and oxygen atoms in total. The van der Waals surface area contributed by atoms with Crippen LogP contribution in [0.15, 0.2) is 23.2 Å². The first-order valence-electron chi connectivity index (χ1n) is 4.06. The van der Waals surface area contributed by atoms with Gasteiger partial charge in [-0.15, -0.1) is 0 Å². The summed E-state index contributed by atoms with van der Waals surface area (Å²) >= 11 is 0. The van der Waals surface area contributed by atoms with Gasteiger partial charge in [0.05, 0.1) is 7.11 Å². The summed E-state index contributed by atoms with van der Waals surface area (Å²) in [4.78, 5) is 14.6. The van der Waals surface area contributed by atoms with Crippen molar-refractivity contribution in [2.24, 2.45) is 16.5 Å². The van der Waals surface area contributed by atoms with Crippen molar-refractivity contribution >= 4 is 17.6 Å². The van der Waals surface area contributed by atoms with E-state index in [1.807, 2.05) is 0 Å². The van der Waals surface area contributed by atoms with Gasteiger partial charge in [-0.1, -0.05) is 6.07 Å². The summed E-state index contributed by atoms with van der Waals surface area (Å²) in [7, 11) is 1.35. The van der Waals surface area contributed by atoms with Gasteiger partial charge in [0, 0.05) is 0 Å². The Morgan fingerprint density at radius 3 is 2.60 bits per heavy atom. The number of guanidine groups is 1. The minimum Gasteiger partial charge on any atom is -0.494 e. The van der Waals surface area contributed by atoms with Crippen LogP contribution in [-0.2, 0) is 0 Å². The minimum atomic E-state index is -1.10.